The molecule has 0 spiro atoms. The maximum absolute atomic E-state index is 14.3. The number of furan rings is 1. The normalized spacial score (nSPS) is 34.1. The molecule has 7 atom stereocenters. The predicted octanol–water partition coefficient (Wildman–Crippen LogP) is 6.87. The number of rotatable bonds is 9. The van der Waals surface area contributed by atoms with E-state index in [1.54, 1.807) is 24.4 Å². The number of aliphatic hydroxyl groups excluding tert-OH is 1. The number of aliphatic hydroxyl groups is 1. The molecule has 9 nitrogen and oxygen atoms in total. The van der Waals surface area contributed by atoms with Gasteiger partial charge in [0.15, 0.2) is 12.4 Å². The van der Waals surface area contributed by atoms with E-state index in [-0.39, 0.29) is 53.4 Å². The van der Waals surface area contributed by atoms with E-state index in [9.17, 15) is 19.1 Å². The van der Waals surface area contributed by atoms with Crippen LogP contribution in [0.1, 0.15) is 62.9 Å². The van der Waals surface area contributed by atoms with Gasteiger partial charge in [-0.25, -0.2) is 14.2 Å². The molecule has 1 aromatic carbocycles. The molecule has 256 valence electrons. The van der Waals surface area contributed by atoms with Crippen LogP contribution in [0.5, 0.6) is 0 Å². The van der Waals surface area contributed by atoms with Crippen LogP contribution in [0.15, 0.2) is 87.8 Å². The van der Waals surface area contributed by atoms with Gasteiger partial charge in [0, 0.05) is 12.5 Å². The average Bonchev–Trinajstić information content (AvgIpc) is 3.70. The number of methoxy groups -OCH3 is 1. The maximum Gasteiger partial charge on any atom is 0.375 e. The second-order valence-electron chi connectivity index (χ2n) is 13.9. The van der Waals surface area contributed by atoms with Gasteiger partial charge in [0.05, 0.1) is 29.5 Å². The number of ether oxygens (including phenoxy) is 3. The molecule has 11 heteroatoms. The van der Waals surface area contributed by atoms with Crippen LogP contribution in [0.3, 0.4) is 0 Å². The third-order valence-electron chi connectivity index (χ3n) is 11.3. The third kappa shape index (κ3) is 5.83. The molecular weight excluding hydrogens is 635 g/mol. The molecule has 6 rings (SSSR count). The smallest absolute Gasteiger partial charge is 0.375 e. The molecular formula is C37H43FN2O7S. The number of fused-ring (bicyclic) bond motifs is 5. The monoisotopic (exact) mass is 678 g/mol. The van der Waals surface area contributed by atoms with E-state index >= 15 is 0 Å². The minimum atomic E-state index is -1.50. The summed E-state index contributed by atoms with van der Waals surface area (Å²) in [6.07, 6.45) is 7.73. The van der Waals surface area contributed by atoms with Crippen molar-refractivity contribution in [3.05, 3.63) is 90.0 Å². The first-order valence-corrected chi connectivity index (χ1v) is 17.3. The van der Waals surface area contributed by atoms with Crippen LogP contribution < -0.4 is 5.73 Å². The Labute approximate surface area is 284 Å². The summed E-state index contributed by atoms with van der Waals surface area (Å²) in [6, 6.07) is 9.16. The minimum Gasteiger partial charge on any atom is -0.472 e. The number of benzene rings is 1. The van der Waals surface area contributed by atoms with Gasteiger partial charge in [-0.1, -0.05) is 37.8 Å². The first kappa shape index (κ1) is 34.2. The van der Waals surface area contributed by atoms with E-state index in [1.165, 1.54) is 37.1 Å². The lowest BCUT2D eigenvalue weighted by atomic mass is 9.45. The van der Waals surface area contributed by atoms with Crippen LogP contribution in [0.2, 0.25) is 0 Å². The molecule has 1 heterocycles. The van der Waals surface area contributed by atoms with Gasteiger partial charge in [-0.2, -0.15) is 0 Å². The van der Waals surface area contributed by atoms with Gasteiger partial charge in [0.1, 0.15) is 11.6 Å². The zero-order chi connectivity index (χ0) is 34.3. The molecule has 0 bridgehead atoms. The van der Waals surface area contributed by atoms with Gasteiger partial charge >= 0.3 is 5.97 Å². The van der Waals surface area contributed by atoms with Gasteiger partial charge in [-0.05, 0) is 116 Å². The number of nitrogens with two attached hydrogens (primary N) is 1. The van der Waals surface area contributed by atoms with E-state index in [1.807, 2.05) is 6.92 Å². The maximum atomic E-state index is 14.3. The van der Waals surface area contributed by atoms with Crippen molar-refractivity contribution in [1.29, 1.82) is 0 Å². The summed E-state index contributed by atoms with van der Waals surface area (Å²) in [5.41, 5.74) is 6.88. The Morgan fingerprint density at radius 2 is 2.00 bits per heavy atom. The lowest BCUT2D eigenvalue weighted by Gasteiger charge is -2.60. The van der Waals surface area contributed by atoms with E-state index in [4.69, 9.17) is 29.4 Å². The van der Waals surface area contributed by atoms with Gasteiger partial charge in [-0.3, -0.25) is 4.79 Å². The molecule has 4 aliphatic carbocycles. The van der Waals surface area contributed by atoms with Crippen molar-refractivity contribution in [1.82, 2.24) is 0 Å². The number of esters is 1. The second-order valence-corrected chi connectivity index (χ2v) is 14.8. The quantitative estimate of drug-likeness (QED) is 0.166. The molecule has 2 aromatic rings. The topological polar surface area (TPSA) is 134 Å². The lowest BCUT2D eigenvalue weighted by Crippen LogP contribution is -2.62. The number of nitrogens with zero attached hydrogens (tertiary/aromatic N) is 1. The highest BCUT2D eigenvalue weighted by molar-refractivity contribution is 8.14. The summed E-state index contributed by atoms with van der Waals surface area (Å²) >= 11 is 1.00. The summed E-state index contributed by atoms with van der Waals surface area (Å²) in [5, 5.41) is 11.9. The molecule has 0 saturated heterocycles. The first-order valence-electron chi connectivity index (χ1n) is 16.3. The molecule has 3 N–H and O–H groups in total. The number of allylic oxidation sites excluding steroid dienone is 3. The van der Waals surface area contributed by atoms with Crippen LogP contribution in [-0.4, -0.2) is 53.3 Å². The molecule has 0 radical (unpaired) electrons. The van der Waals surface area contributed by atoms with Crippen molar-refractivity contribution >= 4 is 34.2 Å². The van der Waals surface area contributed by atoms with Crippen molar-refractivity contribution in [2.45, 2.75) is 64.1 Å². The second kappa shape index (κ2) is 13.3. The standard InChI is InChI=1S/C37H43FN2O7S/c1-22(46-21-44-4)20-48-34(43)37(47-33(42)31-6-5-15-45-31)14-13-28-27-12-7-24-16-29(40-26-10-8-25(38)9-11-26)23(19-39)17-35(24,2)32(27)30(41)18-36(28,37)3/h5-6,8-11,15-16,19,27-28,30,32,41H,1,7,12-14,17-18,20-21,39H2,2-4H3/t27-,28?,30?,32?,35-,36-,37-/m0/s1. The number of carbonyl (C=O) groups is 2. The number of thioether (sulfide) groups is 1. The first-order chi connectivity index (χ1) is 23.0. The molecule has 3 unspecified atom stereocenters. The fourth-order valence-corrected chi connectivity index (χ4v) is 10.2. The fraction of sp³-hybridized carbons (Fsp3) is 0.486. The number of halogens is 1. The Bertz CT molecular complexity index is 1650. The predicted molar refractivity (Wildman–Crippen MR) is 181 cm³/mol. The zero-order valence-electron chi connectivity index (χ0n) is 27.6. The van der Waals surface area contributed by atoms with Crippen molar-refractivity contribution in [3.63, 3.8) is 0 Å². The van der Waals surface area contributed by atoms with Gasteiger partial charge in [-0.15, -0.1) is 0 Å². The van der Waals surface area contributed by atoms with Crippen LogP contribution in [0.4, 0.5) is 10.1 Å². The number of hydrogen-bond donors (Lipinski definition) is 2. The minimum absolute atomic E-state index is 0.00533. The van der Waals surface area contributed by atoms with Crippen LogP contribution in [0.25, 0.3) is 0 Å². The molecule has 0 amide bonds. The number of hydrogen-bond acceptors (Lipinski definition) is 10. The summed E-state index contributed by atoms with van der Waals surface area (Å²) in [5.74, 6) is -0.520. The highest BCUT2D eigenvalue weighted by Crippen LogP contribution is 2.69. The average molecular weight is 679 g/mol. The van der Waals surface area contributed by atoms with Gasteiger partial charge < -0.3 is 29.5 Å². The van der Waals surface area contributed by atoms with E-state index in [0.29, 0.717) is 30.7 Å². The van der Waals surface area contributed by atoms with Gasteiger partial charge in [0.25, 0.3) is 0 Å². The van der Waals surface area contributed by atoms with Crippen molar-refractivity contribution in [3.8, 4) is 0 Å². The summed E-state index contributed by atoms with van der Waals surface area (Å²) in [4.78, 5) is 32.6. The van der Waals surface area contributed by atoms with E-state index < -0.39 is 28.5 Å². The highest BCUT2D eigenvalue weighted by atomic mass is 32.2. The highest BCUT2D eigenvalue weighted by Gasteiger charge is 2.71. The van der Waals surface area contributed by atoms with Crippen LogP contribution in [-0.2, 0) is 19.0 Å². The SMILES string of the molecule is C=C(CSC(=O)[C@@]1(OC(=O)c2ccco2)CCC2[C@@H]3CCC4=CC(=Nc5ccc(F)cc5)C(=CN)C[C@]4(C)C3C(O)C[C@@]21C)OCOC. The Balaban J connectivity index is 1.32. The Morgan fingerprint density at radius 1 is 1.23 bits per heavy atom. The molecule has 1 aromatic heterocycles. The third-order valence-corrected chi connectivity index (χ3v) is 12.4. The van der Waals surface area contributed by atoms with Gasteiger partial charge in [0.2, 0.25) is 10.9 Å². The molecule has 4 aliphatic rings. The molecule has 3 fully saturated rings. The largest absolute Gasteiger partial charge is 0.472 e. The molecule has 0 aliphatic heterocycles. The fourth-order valence-electron chi connectivity index (χ4n) is 9.17. The van der Waals surface area contributed by atoms with E-state index in [0.717, 1.165) is 35.9 Å². The van der Waals surface area contributed by atoms with Crippen molar-refractivity contribution in [2.75, 3.05) is 19.7 Å². The summed E-state index contributed by atoms with van der Waals surface area (Å²) in [7, 11) is 1.50. The number of aliphatic imine (C=N–C) groups is 1. The molecule has 48 heavy (non-hydrogen) atoms. The van der Waals surface area contributed by atoms with Crippen molar-refractivity contribution in [2.24, 2.45) is 39.3 Å². The lowest BCUT2D eigenvalue weighted by molar-refractivity contribution is -0.175. The molecule has 3 saturated carbocycles. The van der Waals surface area contributed by atoms with Crippen LogP contribution >= 0.6 is 11.8 Å². The zero-order valence-corrected chi connectivity index (χ0v) is 28.4. The Kier molecular flexibility index (Phi) is 9.50. The Hall–Kier alpha value is -3.67. The Morgan fingerprint density at radius 3 is 2.69 bits per heavy atom. The van der Waals surface area contributed by atoms with E-state index in [2.05, 4.69) is 19.6 Å². The summed E-state index contributed by atoms with van der Waals surface area (Å²) < 4.78 is 35.6. The number of carbonyl (C=O) groups excluding carboxylic acids is 2. The summed E-state index contributed by atoms with van der Waals surface area (Å²) in [6.45, 7) is 8.10. The van der Waals surface area contributed by atoms with Crippen molar-refractivity contribution < 1.29 is 37.7 Å². The van der Waals surface area contributed by atoms with Crippen LogP contribution in [0, 0.1) is 34.4 Å².